The summed E-state index contributed by atoms with van der Waals surface area (Å²) < 4.78 is 12.0. The molecule has 2 aromatic rings. The number of esters is 1. The van der Waals surface area contributed by atoms with Crippen LogP contribution in [0.15, 0.2) is 5.16 Å². The van der Waals surface area contributed by atoms with Gasteiger partial charge in [-0.05, 0) is 26.2 Å². The van der Waals surface area contributed by atoms with Crippen LogP contribution in [-0.2, 0) is 14.3 Å². The summed E-state index contributed by atoms with van der Waals surface area (Å²) in [4.78, 5) is 20.2. The van der Waals surface area contributed by atoms with Crippen LogP contribution in [-0.4, -0.2) is 67.2 Å². The SMILES string of the molecule is CCCSc1nc(Cl)c2nnn(C3CC(OCC(=O)OCC)[C@@H](O)C3)c2n1. The number of hydrogen-bond acceptors (Lipinski definition) is 9. The van der Waals surface area contributed by atoms with Crippen LogP contribution in [0, 0.1) is 0 Å². The Morgan fingerprint density at radius 3 is 2.93 bits per heavy atom. The Labute approximate surface area is 165 Å². The fourth-order valence-electron chi connectivity index (χ4n) is 2.99. The third-order valence-electron chi connectivity index (χ3n) is 4.21. The molecule has 27 heavy (non-hydrogen) atoms. The lowest BCUT2D eigenvalue weighted by Crippen LogP contribution is -2.26. The molecule has 1 fully saturated rings. The van der Waals surface area contributed by atoms with Crippen molar-refractivity contribution in [2.75, 3.05) is 19.0 Å². The van der Waals surface area contributed by atoms with E-state index in [0.29, 0.717) is 35.8 Å². The van der Waals surface area contributed by atoms with Gasteiger partial charge in [0.15, 0.2) is 21.5 Å². The van der Waals surface area contributed by atoms with Gasteiger partial charge >= 0.3 is 5.97 Å². The van der Waals surface area contributed by atoms with Crippen molar-refractivity contribution in [2.45, 2.75) is 56.5 Å². The normalized spacial score (nSPS) is 22.4. The number of aliphatic hydroxyl groups excluding tert-OH is 1. The molecule has 1 saturated carbocycles. The van der Waals surface area contributed by atoms with Gasteiger partial charge in [-0.1, -0.05) is 35.5 Å². The summed E-state index contributed by atoms with van der Waals surface area (Å²) in [5, 5.41) is 19.4. The molecule has 11 heteroatoms. The molecule has 0 amide bonds. The topological polar surface area (TPSA) is 112 Å². The van der Waals surface area contributed by atoms with Crippen molar-refractivity contribution in [3.05, 3.63) is 5.15 Å². The minimum absolute atomic E-state index is 0.160. The molecule has 0 spiro atoms. The molecule has 1 N–H and O–H groups in total. The molecule has 3 atom stereocenters. The lowest BCUT2D eigenvalue weighted by Gasteiger charge is -2.14. The largest absolute Gasteiger partial charge is 0.464 e. The highest BCUT2D eigenvalue weighted by atomic mass is 35.5. The van der Waals surface area contributed by atoms with Gasteiger partial charge < -0.3 is 14.6 Å². The highest BCUT2D eigenvalue weighted by Crippen LogP contribution is 2.34. The highest BCUT2D eigenvalue weighted by molar-refractivity contribution is 7.99. The first kappa shape index (κ1) is 20.2. The van der Waals surface area contributed by atoms with E-state index < -0.39 is 18.2 Å². The van der Waals surface area contributed by atoms with Gasteiger partial charge in [-0.2, -0.15) is 0 Å². The third-order valence-corrected chi connectivity index (χ3v) is 5.53. The van der Waals surface area contributed by atoms with E-state index in [1.807, 2.05) is 0 Å². The van der Waals surface area contributed by atoms with E-state index in [2.05, 4.69) is 27.2 Å². The van der Waals surface area contributed by atoms with Crippen LogP contribution >= 0.6 is 23.4 Å². The van der Waals surface area contributed by atoms with Crippen molar-refractivity contribution in [1.29, 1.82) is 0 Å². The van der Waals surface area contributed by atoms with Gasteiger partial charge in [-0.25, -0.2) is 19.4 Å². The third kappa shape index (κ3) is 4.68. The van der Waals surface area contributed by atoms with Crippen LogP contribution < -0.4 is 0 Å². The highest BCUT2D eigenvalue weighted by Gasteiger charge is 2.37. The maximum Gasteiger partial charge on any atom is 0.332 e. The minimum atomic E-state index is -0.713. The van der Waals surface area contributed by atoms with Crippen LogP contribution in [0.2, 0.25) is 5.15 Å². The van der Waals surface area contributed by atoms with E-state index in [4.69, 9.17) is 21.1 Å². The quantitative estimate of drug-likeness (QED) is 0.299. The zero-order valence-corrected chi connectivity index (χ0v) is 16.7. The fraction of sp³-hybridized carbons (Fsp3) is 0.688. The minimum Gasteiger partial charge on any atom is -0.464 e. The molecule has 1 aliphatic carbocycles. The second-order valence-electron chi connectivity index (χ2n) is 6.20. The second-order valence-corrected chi connectivity index (χ2v) is 7.62. The van der Waals surface area contributed by atoms with Gasteiger partial charge in [0, 0.05) is 5.75 Å². The van der Waals surface area contributed by atoms with Gasteiger partial charge in [0.25, 0.3) is 0 Å². The Morgan fingerprint density at radius 2 is 2.19 bits per heavy atom. The molecule has 0 aromatic carbocycles. The van der Waals surface area contributed by atoms with E-state index in [9.17, 15) is 9.90 Å². The number of hydrogen-bond donors (Lipinski definition) is 1. The first-order valence-electron chi connectivity index (χ1n) is 8.90. The van der Waals surface area contributed by atoms with Crippen LogP contribution in [0.3, 0.4) is 0 Å². The van der Waals surface area contributed by atoms with E-state index in [1.165, 1.54) is 11.8 Å². The molecular weight excluding hydrogens is 394 g/mol. The molecule has 0 radical (unpaired) electrons. The van der Waals surface area contributed by atoms with Gasteiger partial charge in [0.05, 0.1) is 24.9 Å². The number of nitrogens with zero attached hydrogens (tertiary/aromatic N) is 5. The van der Waals surface area contributed by atoms with Crippen LogP contribution in [0.4, 0.5) is 0 Å². The molecule has 148 valence electrons. The monoisotopic (exact) mass is 415 g/mol. The molecular formula is C16H22ClN5O4S. The predicted octanol–water partition coefficient (Wildman–Crippen LogP) is 2.02. The number of carbonyl (C=O) groups excluding carboxylic acids is 1. The van der Waals surface area contributed by atoms with Gasteiger partial charge in [0.2, 0.25) is 0 Å². The molecule has 2 heterocycles. The zero-order chi connectivity index (χ0) is 19.4. The lowest BCUT2D eigenvalue weighted by atomic mass is 10.2. The summed E-state index contributed by atoms with van der Waals surface area (Å²) in [5.41, 5.74) is 0.972. The van der Waals surface area contributed by atoms with Crippen LogP contribution in [0.5, 0.6) is 0 Å². The first-order chi connectivity index (χ1) is 13.0. The number of fused-ring (bicyclic) bond motifs is 1. The predicted molar refractivity (Wildman–Crippen MR) is 99.8 cm³/mol. The summed E-state index contributed by atoms with van der Waals surface area (Å²) in [7, 11) is 0. The molecule has 2 aromatic heterocycles. The van der Waals surface area contributed by atoms with Crippen molar-refractivity contribution >= 4 is 40.5 Å². The lowest BCUT2D eigenvalue weighted by molar-refractivity contribution is -0.152. The summed E-state index contributed by atoms with van der Waals surface area (Å²) >= 11 is 7.75. The summed E-state index contributed by atoms with van der Waals surface area (Å²) in [6.07, 6.45) is 0.707. The number of aromatic nitrogens is 5. The Bertz CT molecular complexity index is 804. The summed E-state index contributed by atoms with van der Waals surface area (Å²) in [6, 6.07) is -0.160. The van der Waals surface area contributed by atoms with E-state index in [0.717, 1.165) is 12.2 Å². The molecule has 1 aliphatic rings. The van der Waals surface area contributed by atoms with Crippen molar-refractivity contribution in [1.82, 2.24) is 25.0 Å². The maximum atomic E-state index is 11.5. The Kier molecular flexibility index (Phi) is 6.85. The number of ether oxygens (including phenoxy) is 2. The smallest absolute Gasteiger partial charge is 0.332 e. The number of halogens is 1. The summed E-state index contributed by atoms with van der Waals surface area (Å²) in [6.45, 7) is 3.91. The van der Waals surface area contributed by atoms with Gasteiger partial charge in [0.1, 0.15) is 6.61 Å². The van der Waals surface area contributed by atoms with E-state index in [1.54, 1.807) is 11.6 Å². The molecule has 0 bridgehead atoms. The maximum absolute atomic E-state index is 11.5. The van der Waals surface area contributed by atoms with Gasteiger partial charge in [-0.3, -0.25) is 0 Å². The van der Waals surface area contributed by atoms with E-state index in [-0.39, 0.29) is 17.8 Å². The number of carbonyl (C=O) groups is 1. The number of aliphatic hydroxyl groups is 1. The van der Waals surface area contributed by atoms with Gasteiger partial charge in [-0.15, -0.1) is 5.10 Å². The van der Waals surface area contributed by atoms with E-state index >= 15 is 0 Å². The zero-order valence-electron chi connectivity index (χ0n) is 15.2. The number of thioether (sulfide) groups is 1. The molecule has 9 nitrogen and oxygen atoms in total. The molecule has 0 saturated heterocycles. The van der Waals surface area contributed by atoms with Crippen LogP contribution in [0.1, 0.15) is 39.2 Å². The van der Waals surface area contributed by atoms with Crippen molar-refractivity contribution in [2.24, 2.45) is 0 Å². The fourth-order valence-corrected chi connectivity index (χ4v) is 3.94. The van der Waals surface area contributed by atoms with Crippen molar-refractivity contribution < 1.29 is 19.4 Å². The molecule has 3 rings (SSSR count). The standard InChI is InChI=1S/C16H22ClN5O4S/c1-3-5-27-16-18-14(17)13-15(19-16)22(21-20-13)9-6-10(23)11(7-9)26-8-12(24)25-4-2/h9-11,23H,3-8H2,1-2H3/t9?,10-,11?/m0/s1. The van der Waals surface area contributed by atoms with Crippen LogP contribution in [0.25, 0.3) is 11.2 Å². The number of rotatable bonds is 8. The Balaban J connectivity index is 1.75. The summed E-state index contributed by atoms with van der Waals surface area (Å²) in [5.74, 6) is 0.437. The molecule has 0 aliphatic heterocycles. The average Bonchev–Trinajstić information content (AvgIpc) is 3.22. The second kappa shape index (κ2) is 9.13. The van der Waals surface area contributed by atoms with Crippen molar-refractivity contribution in [3.8, 4) is 0 Å². The first-order valence-corrected chi connectivity index (χ1v) is 10.3. The molecule has 2 unspecified atom stereocenters. The Morgan fingerprint density at radius 1 is 1.37 bits per heavy atom. The van der Waals surface area contributed by atoms with Crippen molar-refractivity contribution in [3.63, 3.8) is 0 Å². The average molecular weight is 416 g/mol. The Hall–Kier alpha value is -1.49.